The average molecular weight is 269 g/mol. The van der Waals surface area contributed by atoms with Crippen LogP contribution in [0.3, 0.4) is 0 Å². The van der Waals surface area contributed by atoms with Gasteiger partial charge in [0.15, 0.2) is 0 Å². The molecule has 4 N–H and O–H groups in total. The summed E-state index contributed by atoms with van der Waals surface area (Å²) < 4.78 is 12.9. The standard InChI is InChI=1S/C12H16FN3OS/c1-3-12(2,10(14)18)16-11(17)15-9-6-4-5-8(13)7-9/h4-7H,3H2,1-2H3,(H2,14,18)(H2,15,16,17). The number of anilines is 1. The summed E-state index contributed by atoms with van der Waals surface area (Å²) in [6.07, 6.45) is 0.568. The smallest absolute Gasteiger partial charge is 0.320 e. The molecule has 0 bridgehead atoms. The molecule has 0 aliphatic heterocycles. The van der Waals surface area contributed by atoms with Crippen LogP contribution in [-0.2, 0) is 0 Å². The lowest BCUT2D eigenvalue weighted by Crippen LogP contribution is -2.55. The molecule has 0 aliphatic carbocycles. The lowest BCUT2D eigenvalue weighted by atomic mass is 9.99. The first-order valence-corrected chi connectivity index (χ1v) is 5.93. The second-order valence-electron chi connectivity index (χ2n) is 4.14. The van der Waals surface area contributed by atoms with Crippen LogP contribution in [0.25, 0.3) is 0 Å². The minimum absolute atomic E-state index is 0.208. The molecule has 1 unspecified atom stereocenters. The molecule has 0 aliphatic rings. The van der Waals surface area contributed by atoms with Crippen molar-refractivity contribution in [2.45, 2.75) is 25.8 Å². The fourth-order valence-electron chi connectivity index (χ4n) is 1.30. The highest BCUT2D eigenvalue weighted by Crippen LogP contribution is 2.12. The number of benzene rings is 1. The Morgan fingerprint density at radius 2 is 2.22 bits per heavy atom. The zero-order valence-corrected chi connectivity index (χ0v) is 11.1. The Bertz CT molecular complexity index is 466. The molecular formula is C12H16FN3OS. The van der Waals surface area contributed by atoms with Gasteiger partial charge in [-0.3, -0.25) is 0 Å². The number of rotatable bonds is 4. The Morgan fingerprint density at radius 1 is 1.56 bits per heavy atom. The van der Waals surface area contributed by atoms with Gasteiger partial charge in [0.2, 0.25) is 0 Å². The van der Waals surface area contributed by atoms with E-state index in [-0.39, 0.29) is 4.99 Å². The molecule has 1 rings (SSSR count). The fourth-order valence-corrected chi connectivity index (χ4v) is 1.50. The maximum absolute atomic E-state index is 12.9. The number of carbonyl (C=O) groups excluding carboxylic acids is 1. The number of nitrogens with two attached hydrogens (primary N) is 1. The lowest BCUT2D eigenvalue weighted by Gasteiger charge is -2.28. The van der Waals surface area contributed by atoms with Crippen LogP contribution in [-0.4, -0.2) is 16.6 Å². The highest BCUT2D eigenvalue weighted by atomic mass is 32.1. The summed E-state index contributed by atoms with van der Waals surface area (Å²) in [4.78, 5) is 12.0. The molecule has 0 spiro atoms. The van der Waals surface area contributed by atoms with E-state index in [9.17, 15) is 9.18 Å². The average Bonchev–Trinajstić information content (AvgIpc) is 2.28. The van der Waals surface area contributed by atoms with Crippen molar-refractivity contribution in [1.29, 1.82) is 0 Å². The minimum atomic E-state index is -0.757. The van der Waals surface area contributed by atoms with Crippen LogP contribution in [0.2, 0.25) is 0 Å². The van der Waals surface area contributed by atoms with E-state index in [1.54, 1.807) is 13.0 Å². The summed E-state index contributed by atoms with van der Waals surface area (Å²) >= 11 is 4.91. The first kappa shape index (κ1) is 14.4. The summed E-state index contributed by atoms with van der Waals surface area (Å²) in [6, 6.07) is 5.15. The van der Waals surface area contributed by atoms with Crippen LogP contribution in [0.5, 0.6) is 0 Å². The second kappa shape index (κ2) is 5.77. The van der Waals surface area contributed by atoms with E-state index in [0.29, 0.717) is 12.1 Å². The molecule has 0 fully saturated rings. The van der Waals surface area contributed by atoms with Crippen molar-refractivity contribution in [3.05, 3.63) is 30.1 Å². The third kappa shape index (κ3) is 3.66. The molecule has 18 heavy (non-hydrogen) atoms. The van der Waals surface area contributed by atoms with E-state index in [1.165, 1.54) is 18.2 Å². The van der Waals surface area contributed by atoms with Crippen molar-refractivity contribution in [3.8, 4) is 0 Å². The molecular weight excluding hydrogens is 253 g/mol. The zero-order chi connectivity index (χ0) is 13.8. The maximum Gasteiger partial charge on any atom is 0.320 e. The molecule has 1 atom stereocenters. The first-order valence-electron chi connectivity index (χ1n) is 5.52. The van der Waals surface area contributed by atoms with Crippen LogP contribution in [0, 0.1) is 5.82 Å². The van der Waals surface area contributed by atoms with Crippen molar-refractivity contribution in [1.82, 2.24) is 5.32 Å². The number of carbonyl (C=O) groups is 1. The van der Waals surface area contributed by atoms with Crippen LogP contribution in [0.15, 0.2) is 24.3 Å². The summed E-state index contributed by atoms with van der Waals surface area (Å²) in [5, 5.41) is 5.19. The quantitative estimate of drug-likeness (QED) is 0.735. The van der Waals surface area contributed by atoms with Gasteiger partial charge in [0, 0.05) is 5.69 Å². The molecule has 2 amide bonds. The maximum atomic E-state index is 12.9. The fraction of sp³-hybridized carbons (Fsp3) is 0.333. The topological polar surface area (TPSA) is 67.2 Å². The third-order valence-corrected chi connectivity index (χ3v) is 3.17. The van der Waals surface area contributed by atoms with E-state index in [1.807, 2.05) is 6.92 Å². The molecule has 1 aromatic carbocycles. The molecule has 0 radical (unpaired) electrons. The molecule has 1 aromatic rings. The Labute approximate surface area is 111 Å². The molecule has 4 nitrogen and oxygen atoms in total. The first-order chi connectivity index (χ1) is 8.37. The SMILES string of the molecule is CCC(C)(NC(=O)Nc1cccc(F)c1)C(N)=S. The van der Waals surface area contributed by atoms with E-state index in [0.717, 1.165) is 0 Å². The van der Waals surface area contributed by atoms with Gasteiger partial charge in [-0.1, -0.05) is 25.2 Å². The second-order valence-corrected chi connectivity index (χ2v) is 4.58. The van der Waals surface area contributed by atoms with Crippen LogP contribution >= 0.6 is 12.2 Å². The van der Waals surface area contributed by atoms with Gasteiger partial charge in [-0.15, -0.1) is 0 Å². The predicted molar refractivity (Wildman–Crippen MR) is 74.0 cm³/mol. The van der Waals surface area contributed by atoms with Crippen molar-refractivity contribution >= 4 is 28.9 Å². The van der Waals surface area contributed by atoms with Gasteiger partial charge in [0.1, 0.15) is 5.82 Å². The molecule has 6 heteroatoms. The zero-order valence-electron chi connectivity index (χ0n) is 10.3. The number of nitrogens with one attached hydrogen (secondary N) is 2. The van der Waals surface area contributed by atoms with E-state index in [4.69, 9.17) is 18.0 Å². The number of hydrogen-bond acceptors (Lipinski definition) is 2. The molecule has 0 aromatic heterocycles. The Morgan fingerprint density at radius 3 is 2.72 bits per heavy atom. The Kier molecular flexibility index (Phi) is 4.61. The van der Waals surface area contributed by atoms with Crippen LogP contribution < -0.4 is 16.4 Å². The molecule has 0 heterocycles. The highest BCUT2D eigenvalue weighted by Gasteiger charge is 2.27. The number of hydrogen-bond donors (Lipinski definition) is 3. The predicted octanol–water partition coefficient (Wildman–Crippen LogP) is 2.40. The van der Waals surface area contributed by atoms with Gasteiger partial charge >= 0.3 is 6.03 Å². The summed E-state index contributed by atoms with van der Waals surface area (Å²) in [7, 11) is 0. The Hall–Kier alpha value is -1.69. The molecule has 0 saturated carbocycles. The van der Waals surface area contributed by atoms with Gasteiger partial charge < -0.3 is 16.4 Å². The van der Waals surface area contributed by atoms with Gasteiger partial charge in [-0.2, -0.15) is 0 Å². The third-order valence-electron chi connectivity index (χ3n) is 2.72. The van der Waals surface area contributed by atoms with Crippen molar-refractivity contribution < 1.29 is 9.18 Å². The van der Waals surface area contributed by atoms with Crippen LogP contribution in [0.4, 0.5) is 14.9 Å². The summed E-state index contributed by atoms with van der Waals surface area (Å²) in [5.41, 5.74) is 5.19. The largest absolute Gasteiger partial charge is 0.391 e. The van der Waals surface area contributed by atoms with Gasteiger partial charge in [-0.05, 0) is 31.5 Å². The van der Waals surface area contributed by atoms with Crippen molar-refractivity contribution in [2.24, 2.45) is 5.73 Å². The van der Waals surface area contributed by atoms with Crippen molar-refractivity contribution in [3.63, 3.8) is 0 Å². The van der Waals surface area contributed by atoms with E-state index in [2.05, 4.69) is 10.6 Å². The highest BCUT2D eigenvalue weighted by molar-refractivity contribution is 7.80. The van der Waals surface area contributed by atoms with Gasteiger partial charge in [0.25, 0.3) is 0 Å². The van der Waals surface area contributed by atoms with Crippen LogP contribution in [0.1, 0.15) is 20.3 Å². The summed E-state index contributed by atoms with van der Waals surface area (Å²) in [6.45, 7) is 3.60. The van der Waals surface area contributed by atoms with Gasteiger partial charge in [0.05, 0.1) is 10.5 Å². The molecule has 0 saturated heterocycles. The molecule has 98 valence electrons. The minimum Gasteiger partial charge on any atom is -0.391 e. The number of thiocarbonyl (C=S) groups is 1. The monoisotopic (exact) mass is 269 g/mol. The summed E-state index contributed by atoms with van der Waals surface area (Å²) in [5.74, 6) is -0.416. The lowest BCUT2D eigenvalue weighted by molar-refractivity contribution is 0.245. The number of halogens is 1. The van der Waals surface area contributed by atoms with Crippen molar-refractivity contribution in [2.75, 3.05) is 5.32 Å². The van der Waals surface area contributed by atoms with E-state index >= 15 is 0 Å². The normalized spacial score (nSPS) is 13.5. The Balaban J connectivity index is 2.70. The number of urea groups is 1. The number of amides is 2. The van der Waals surface area contributed by atoms with E-state index < -0.39 is 17.4 Å². The van der Waals surface area contributed by atoms with Gasteiger partial charge in [-0.25, -0.2) is 9.18 Å².